The van der Waals surface area contributed by atoms with Crippen molar-refractivity contribution >= 4 is 0 Å². The Kier molecular flexibility index (Phi) is 3.68. The first kappa shape index (κ1) is 8.83. The SMILES string of the molecule is C=CC(CCCCC)C1CC1. The Morgan fingerprint density at radius 3 is 2.64 bits per heavy atom. The van der Waals surface area contributed by atoms with Gasteiger partial charge in [0.1, 0.15) is 0 Å². The Labute approximate surface area is 70.7 Å². The van der Waals surface area contributed by atoms with E-state index in [9.17, 15) is 0 Å². The van der Waals surface area contributed by atoms with Crippen LogP contribution in [0.3, 0.4) is 0 Å². The van der Waals surface area contributed by atoms with Crippen LogP contribution in [0.25, 0.3) is 0 Å². The third-order valence-electron chi connectivity index (χ3n) is 2.67. The molecule has 0 aromatic carbocycles. The molecule has 1 saturated carbocycles. The van der Waals surface area contributed by atoms with Crippen molar-refractivity contribution < 1.29 is 0 Å². The molecule has 0 nitrogen and oxygen atoms in total. The molecule has 1 atom stereocenters. The van der Waals surface area contributed by atoms with Crippen LogP contribution in [0.4, 0.5) is 0 Å². The Morgan fingerprint density at radius 2 is 2.18 bits per heavy atom. The van der Waals surface area contributed by atoms with E-state index >= 15 is 0 Å². The second kappa shape index (κ2) is 4.58. The predicted octanol–water partition coefficient (Wildman–Crippen LogP) is 3.78. The molecule has 1 rings (SSSR count). The summed E-state index contributed by atoms with van der Waals surface area (Å²) in [7, 11) is 0. The number of hydrogen-bond acceptors (Lipinski definition) is 0. The summed E-state index contributed by atoms with van der Waals surface area (Å²) in [5.74, 6) is 1.87. The standard InChI is InChI=1S/C11H20/c1-3-5-6-7-10(4-2)11-8-9-11/h4,10-11H,2-3,5-9H2,1H3. The summed E-state index contributed by atoms with van der Waals surface area (Å²) in [5.41, 5.74) is 0. The van der Waals surface area contributed by atoms with Crippen molar-refractivity contribution in [2.45, 2.75) is 45.4 Å². The zero-order valence-electron chi connectivity index (χ0n) is 7.68. The minimum Gasteiger partial charge on any atom is -0.103 e. The van der Waals surface area contributed by atoms with E-state index in [1.54, 1.807) is 0 Å². The van der Waals surface area contributed by atoms with Crippen LogP contribution in [0, 0.1) is 11.8 Å². The van der Waals surface area contributed by atoms with Gasteiger partial charge in [-0.25, -0.2) is 0 Å². The highest BCUT2D eigenvalue weighted by atomic mass is 14.3. The van der Waals surface area contributed by atoms with E-state index in [1.807, 2.05) is 0 Å². The fraction of sp³-hybridized carbons (Fsp3) is 0.818. The molecule has 0 bridgehead atoms. The second-order valence-corrected chi connectivity index (χ2v) is 3.73. The predicted molar refractivity (Wildman–Crippen MR) is 50.6 cm³/mol. The van der Waals surface area contributed by atoms with Gasteiger partial charge in [0.05, 0.1) is 0 Å². The van der Waals surface area contributed by atoms with Gasteiger partial charge in [-0.15, -0.1) is 6.58 Å². The van der Waals surface area contributed by atoms with E-state index in [0.717, 1.165) is 11.8 Å². The van der Waals surface area contributed by atoms with Gasteiger partial charge in [0.2, 0.25) is 0 Å². The van der Waals surface area contributed by atoms with Crippen molar-refractivity contribution in [2.75, 3.05) is 0 Å². The Morgan fingerprint density at radius 1 is 1.45 bits per heavy atom. The summed E-state index contributed by atoms with van der Waals surface area (Å²) in [6.45, 7) is 6.16. The van der Waals surface area contributed by atoms with Crippen molar-refractivity contribution in [1.82, 2.24) is 0 Å². The third-order valence-corrected chi connectivity index (χ3v) is 2.67. The summed E-state index contributed by atoms with van der Waals surface area (Å²) in [5, 5.41) is 0. The van der Waals surface area contributed by atoms with E-state index in [4.69, 9.17) is 0 Å². The molecule has 64 valence electrons. The molecule has 0 aromatic rings. The lowest BCUT2D eigenvalue weighted by atomic mass is 9.97. The molecular formula is C11H20. The highest BCUT2D eigenvalue weighted by Crippen LogP contribution is 2.39. The third kappa shape index (κ3) is 3.09. The molecule has 0 aromatic heterocycles. The lowest BCUT2D eigenvalue weighted by Crippen LogP contribution is -1.97. The van der Waals surface area contributed by atoms with Crippen LogP contribution in [0.15, 0.2) is 12.7 Å². The lowest BCUT2D eigenvalue weighted by molar-refractivity contribution is 0.490. The molecule has 1 unspecified atom stereocenters. The molecule has 0 radical (unpaired) electrons. The average molecular weight is 152 g/mol. The van der Waals surface area contributed by atoms with Crippen molar-refractivity contribution in [3.05, 3.63) is 12.7 Å². The minimum absolute atomic E-state index is 0.849. The van der Waals surface area contributed by atoms with Gasteiger partial charge in [0.25, 0.3) is 0 Å². The van der Waals surface area contributed by atoms with Crippen molar-refractivity contribution in [3.8, 4) is 0 Å². The number of allylic oxidation sites excluding steroid dienone is 1. The van der Waals surface area contributed by atoms with E-state index in [0.29, 0.717) is 0 Å². The highest BCUT2D eigenvalue weighted by molar-refractivity contribution is 4.91. The van der Waals surface area contributed by atoms with Crippen LogP contribution in [0.2, 0.25) is 0 Å². The van der Waals surface area contributed by atoms with E-state index in [2.05, 4.69) is 19.6 Å². The first-order chi connectivity index (χ1) is 5.38. The smallest absolute Gasteiger partial charge is 0.0208 e. The normalized spacial score (nSPS) is 19.7. The molecule has 1 fully saturated rings. The monoisotopic (exact) mass is 152 g/mol. The molecule has 0 aliphatic heterocycles. The van der Waals surface area contributed by atoms with Crippen LogP contribution >= 0.6 is 0 Å². The summed E-state index contributed by atoms with van der Waals surface area (Å²) >= 11 is 0. The van der Waals surface area contributed by atoms with Gasteiger partial charge in [-0.05, 0) is 31.1 Å². The van der Waals surface area contributed by atoms with Crippen LogP contribution in [-0.2, 0) is 0 Å². The quantitative estimate of drug-likeness (QED) is 0.401. The number of unbranched alkanes of at least 4 members (excludes halogenated alkanes) is 2. The summed E-state index contributed by atoms with van der Waals surface area (Å²) in [6, 6.07) is 0. The van der Waals surface area contributed by atoms with E-state index in [1.165, 1.54) is 38.5 Å². The Bertz CT molecular complexity index is 111. The van der Waals surface area contributed by atoms with Crippen LogP contribution in [0.1, 0.15) is 45.4 Å². The van der Waals surface area contributed by atoms with E-state index in [-0.39, 0.29) is 0 Å². The van der Waals surface area contributed by atoms with Crippen LogP contribution in [-0.4, -0.2) is 0 Å². The number of rotatable bonds is 6. The summed E-state index contributed by atoms with van der Waals surface area (Å²) < 4.78 is 0. The van der Waals surface area contributed by atoms with Gasteiger partial charge < -0.3 is 0 Å². The minimum atomic E-state index is 0.849. The van der Waals surface area contributed by atoms with Gasteiger partial charge in [-0.1, -0.05) is 32.3 Å². The zero-order chi connectivity index (χ0) is 8.10. The largest absolute Gasteiger partial charge is 0.103 e. The molecule has 11 heavy (non-hydrogen) atoms. The van der Waals surface area contributed by atoms with Crippen LogP contribution < -0.4 is 0 Å². The van der Waals surface area contributed by atoms with Crippen molar-refractivity contribution in [1.29, 1.82) is 0 Å². The first-order valence-electron chi connectivity index (χ1n) is 5.01. The molecule has 0 saturated heterocycles. The molecule has 0 heterocycles. The molecular weight excluding hydrogens is 132 g/mol. The highest BCUT2D eigenvalue weighted by Gasteiger charge is 2.28. The van der Waals surface area contributed by atoms with Gasteiger partial charge in [-0.3, -0.25) is 0 Å². The maximum Gasteiger partial charge on any atom is -0.0208 e. The van der Waals surface area contributed by atoms with Crippen LogP contribution in [0.5, 0.6) is 0 Å². The lowest BCUT2D eigenvalue weighted by Gasteiger charge is -2.09. The van der Waals surface area contributed by atoms with E-state index < -0.39 is 0 Å². The topological polar surface area (TPSA) is 0 Å². The van der Waals surface area contributed by atoms with Gasteiger partial charge >= 0.3 is 0 Å². The second-order valence-electron chi connectivity index (χ2n) is 3.73. The maximum atomic E-state index is 3.90. The average Bonchev–Trinajstić information content (AvgIpc) is 2.81. The van der Waals surface area contributed by atoms with Crippen molar-refractivity contribution in [2.24, 2.45) is 11.8 Å². The fourth-order valence-electron chi connectivity index (χ4n) is 1.70. The van der Waals surface area contributed by atoms with Crippen molar-refractivity contribution in [3.63, 3.8) is 0 Å². The molecule has 1 aliphatic rings. The molecule has 0 N–H and O–H groups in total. The molecule has 0 spiro atoms. The summed E-state index contributed by atoms with van der Waals surface area (Å²) in [6.07, 6.45) is 10.6. The van der Waals surface area contributed by atoms with Gasteiger partial charge in [-0.2, -0.15) is 0 Å². The fourth-order valence-corrected chi connectivity index (χ4v) is 1.70. The molecule has 0 heteroatoms. The first-order valence-corrected chi connectivity index (χ1v) is 5.01. The maximum absolute atomic E-state index is 3.90. The summed E-state index contributed by atoms with van der Waals surface area (Å²) in [4.78, 5) is 0. The zero-order valence-corrected chi connectivity index (χ0v) is 7.68. The van der Waals surface area contributed by atoms with Gasteiger partial charge in [0.15, 0.2) is 0 Å². The molecule has 1 aliphatic carbocycles. The van der Waals surface area contributed by atoms with Gasteiger partial charge in [0, 0.05) is 0 Å². The Balaban J connectivity index is 2.05. The molecule has 0 amide bonds. The number of hydrogen-bond donors (Lipinski definition) is 0. The Hall–Kier alpha value is -0.260.